The summed E-state index contributed by atoms with van der Waals surface area (Å²) >= 11 is 0. The molecule has 1 aromatic heterocycles. The normalized spacial score (nSPS) is 26.7. The lowest BCUT2D eigenvalue weighted by atomic mass is 9.80. The molecule has 2 aliphatic carbocycles. The van der Waals surface area contributed by atoms with Crippen molar-refractivity contribution in [2.45, 2.75) is 50.8 Å². The predicted molar refractivity (Wildman–Crippen MR) is 102 cm³/mol. The van der Waals surface area contributed by atoms with Crippen LogP contribution < -0.4 is 0 Å². The first-order valence-corrected chi connectivity index (χ1v) is 10.4. The largest absolute Gasteiger partial charge is 0.490 e. The van der Waals surface area contributed by atoms with Gasteiger partial charge in [-0.1, -0.05) is 6.42 Å². The smallest absolute Gasteiger partial charge is 0.475 e. The molecule has 11 heteroatoms. The molecule has 4 rings (SSSR count). The molecule has 0 spiro atoms. The van der Waals surface area contributed by atoms with Crippen LogP contribution in [0.5, 0.6) is 0 Å². The second-order valence-corrected chi connectivity index (χ2v) is 8.78. The Bertz CT molecular complexity index is 812. The molecule has 0 bridgehead atoms. The summed E-state index contributed by atoms with van der Waals surface area (Å²) in [6.07, 6.45) is 1.17. The summed E-state index contributed by atoms with van der Waals surface area (Å²) in [4.78, 5) is 27.3. The first-order chi connectivity index (χ1) is 14.9. The van der Waals surface area contributed by atoms with Crippen molar-refractivity contribution in [2.24, 2.45) is 17.3 Å². The molecule has 0 aromatic carbocycles. The molecule has 0 radical (unpaired) electrons. The molecule has 1 aliphatic heterocycles. The number of halogens is 5. The molecule has 32 heavy (non-hydrogen) atoms. The van der Waals surface area contributed by atoms with E-state index in [0.717, 1.165) is 24.8 Å². The van der Waals surface area contributed by atoms with Gasteiger partial charge >= 0.3 is 12.1 Å². The van der Waals surface area contributed by atoms with Gasteiger partial charge in [-0.3, -0.25) is 9.78 Å². The van der Waals surface area contributed by atoms with Gasteiger partial charge in [0.2, 0.25) is 11.8 Å². The number of carbonyl (C=O) groups is 2. The lowest BCUT2D eigenvalue weighted by molar-refractivity contribution is -0.192. The van der Waals surface area contributed by atoms with E-state index >= 15 is 0 Å². The Labute approximate surface area is 181 Å². The standard InChI is InChI=1S/C19H24F2N2O2.C2HF3O2/c20-19(21)8-15(9-19)17(24)23-10-16-2-1-5-18(16,12-23)13-25-11-14-3-6-22-7-4-14;3-2(4,5)1(6)7/h3-4,6-7,15-16H,1-2,5,8-13H2;(H,6,7)/t16-,18+;/m1./s1. The number of ether oxygens (including phenoxy) is 1. The minimum absolute atomic E-state index is 0.00888. The van der Waals surface area contributed by atoms with Crippen molar-refractivity contribution in [3.63, 3.8) is 0 Å². The molecular formula is C21H25F5N2O4. The summed E-state index contributed by atoms with van der Waals surface area (Å²) in [5, 5.41) is 7.12. The zero-order chi connectivity index (χ0) is 23.6. The Morgan fingerprint density at radius 1 is 1.22 bits per heavy atom. The van der Waals surface area contributed by atoms with Gasteiger partial charge in [-0.25, -0.2) is 13.6 Å². The van der Waals surface area contributed by atoms with E-state index in [1.807, 2.05) is 17.0 Å². The quantitative estimate of drug-likeness (QED) is 0.669. The maximum Gasteiger partial charge on any atom is 0.490 e. The van der Waals surface area contributed by atoms with Gasteiger partial charge in [0.05, 0.1) is 13.2 Å². The fourth-order valence-corrected chi connectivity index (χ4v) is 4.76. The van der Waals surface area contributed by atoms with Crippen molar-refractivity contribution in [1.29, 1.82) is 0 Å². The summed E-state index contributed by atoms with van der Waals surface area (Å²) in [6, 6.07) is 3.87. The molecule has 0 unspecified atom stereocenters. The molecule has 2 heterocycles. The maximum atomic E-state index is 13.1. The van der Waals surface area contributed by atoms with E-state index in [-0.39, 0.29) is 24.2 Å². The van der Waals surface area contributed by atoms with Crippen LogP contribution in [-0.4, -0.2) is 58.7 Å². The van der Waals surface area contributed by atoms with E-state index in [4.69, 9.17) is 14.6 Å². The molecule has 1 saturated heterocycles. The third kappa shape index (κ3) is 5.73. The topological polar surface area (TPSA) is 79.7 Å². The first-order valence-electron chi connectivity index (χ1n) is 10.4. The molecule has 1 N–H and O–H groups in total. The van der Waals surface area contributed by atoms with Crippen molar-refractivity contribution < 1.29 is 41.4 Å². The number of alkyl halides is 5. The Morgan fingerprint density at radius 2 is 1.84 bits per heavy atom. The number of pyridine rings is 1. The van der Waals surface area contributed by atoms with Gasteiger partial charge in [-0.05, 0) is 36.5 Å². The molecule has 6 nitrogen and oxygen atoms in total. The van der Waals surface area contributed by atoms with Gasteiger partial charge in [0.1, 0.15) is 0 Å². The van der Waals surface area contributed by atoms with Gasteiger partial charge in [-0.15, -0.1) is 0 Å². The highest BCUT2D eigenvalue weighted by Crippen LogP contribution is 2.51. The SMILES string of the molecule is O=C(C1CC(F)(F)C1)N1C[C@H]2CCC[C@@]2(COCc2ccncc2)C1.O=C(O)C(F)(F)F. The Hall–Kier alpha value is -2.30. The number of carboxylic acid groups (broad SMARTS) is 1. The number of nitrogens with zero attached hydrogens (tertiary/aromatic N) is 2. The zero-order valence-electron chi connectivity index (χ0n) is 17.3. The Kier molecular flexibility index (Phi) is 7.06. The number of fused-ring (bicyclic) bond motifs is 1. The second-order valence-electron chi connectivity index (χ2n) is 8.78. The monoisotopic (exact) mass is 464 g/mol. The van der Waals surface area contributed by atoms with Gasteiger partial charge in [-0.2, -0.15) is 13.2 Å². The van der Waals surface area contributed by atoms with Gasteiger partial charge in [0.15, 0.2) is 0 Å². The lowest BCUT2D eigenvalue weighted by Gasteiger charge is -2.36. The van der Waals surface area contributed by atoms with Crippen molar-refractivity contribution in [3.8, 4) is 0 Å². The summed E-state index contributed by atoms with van der Waals surface area (Å²) < 4.78 is 63.9. The highest BCUT2D eigenvalue weighted by atomic mass is 19.4. The molecule has 1 aromatic rings. The number of rotatable bonds is 5. The number of hydrogen-bond donors (Lipinski definition) is 1. The highest BCUT2D eigenvalue weighted by molar-refractivity contribution is 5.80. The van der Waals surface area contributed by atoms with Crippen LogP contribution in [0.3, 0.4) is 0 Å². The van der Waals surface area contributed by atoms with E-state index in [2.05, 4.69) is 4.98 Å². The minimum Gasteiger partial charge on any atom is -0.475 e. The van der Waals surface area contributed by atoms with Crippen molar-refractivity contribution >= 4 is 11.9 Å². The molecule has 178 valence electrons. The fourth-order valence-electron chi connectivity index (χ4n) is 4.76. The molecule has 2 atom stereocenters. The van der Waals surface area contributed by atoms with Gasteiger partial charge < -0.3 is 14.7 Å². The van der Waals surface area contributed by atoms with Crippen molar-refractivity contribution in [2.75, 3.05) is 19.7 Å². The number of hydrogen-bond acceptors (Lipinski definition) is 4. The average molecular weight is 464 g/mol. The second kappa shape index (κ2) is 9.29. The van der Waals surface area contributed by atoms with Gasteiger partial charge in [0.25, 0.3) is 0 Å². The Balaban J connectivity index is 0.000000360. The van der Waals surface area contributed by atoms with Crippen LogP contribution in [0.15, 0.2) is 24.5 Å². The predicted octanol–water partition coefficient (Wildman–Crippen LogP) is 3.91. The van der Waals surface area contributed by atoms with Crippen LogP contribution >= 0.6 is 0 Å². The highest BCUT2D eigenvalue weighted by Gasteiger charge is 2.55. The number of aromatic nitrogens is 1. The van der Waals surface area contributed by atoms with Crippen LogP contribution in [0.25, 0.3) is 0 Å². The number of likely N-dealkylation sites (tertiary alicyclic amines) is 1. The molecule has 1 amide bonds. The van der Waals surface area contributed by atoms with E-state index in [1.54, 1.807) is 12.4 Å². The summed E-state index contributed by atoms with van der Waals surface area (Å²) in [7, 11) is 0. The van der Waals surface area contributed by atoms with Crippen LogP contribution in [-0.2, 0) is 20.9 Å². The first kappa shape index (κ1) is 24.3. The van der Waals surface area contributed by atoms with Crippen LogP contribution in [0.4, 0.5) is 22.0 Å². The van der Waals surface area contributed by atoms with Crippen LogP contribution in [0, 0.1) is 17.3 Å². The van der Waals surface area contributed by atoms with E-state index in [0.29, 0.717) is 32.2 Å². The van der Waals surface area contributed by atoms with Gasteiger partial charge in [0, 0.05) is 49.7 Å². The lowest BCUT2D eigenvalue weighted by Crippen LogP contribution is -2.46. The number of carbonyl (C=O) groups excluding carboxylic acids is 1. The minimum atomic E-state index is -5.08. The van der Waals surface area contributed by atoms with E-state index < -0.39 is 24.0 Å². The number of carboxylic acids is 1. The summed E-state index contributed by atoms with van der Waals surface area (Å²) in [6.45, 7) is 2.54. The van der Waals surface area contributed by atoms with E-state index in [1.165, 1.54) is 0 Å². The van der Waals surface area contributed by atoms with Crippen LogP contribution in [0.1, 0.15) is 37.7 Å². The zero-order valence-corrected chi connectivity index (χ0v) is 17.3. The van der Waals surface area contributed by atoms with Crippen LogP contribution in [0.2, 0.25) is 0 Å². The number of amides is 1. The number of aliphatic carboxylic acids is 1. The van der Waals surface area contributed by atoms with Crippen molar-refractivity contribution in [3.05, 3.63) is 30.1 Å². The average Bonchev–Trinajstić information content (AvgIpc) is 3.23. The van der Waals surface area contributed by atoms with E-state index in [9.17, 15) is 26.7 Å². The third-order valence-corrected chi connectivity index (χ3v) is 6.44. The molecular weight excluding hydrogens is 439 g/mol. The Morgan fingerprint density at radius 3 is 2.41 bits per heavy atom. The fraction of sp³-hybridized carbons (Fsp3) is 0.667. The third-order valence-electron chi connectivity index (χ3n) is 6.44. The van der Waals surface area contributed by atoms with Crippen molar-refractivity contribution in [1.82, 2.24) is 9.88 Å². The summed E-state index contributed by atoms with van der Waals surface area (Å²) in [5.74, 6) is -5.51. The molecule has 2 saturated carbocycles. The molecule has 3 aliphatic rings. The maximum absolute atomic E-state index is 13.1. The molecule has 3 fully saturated rings. The summed E-state index contributed by atoms with van der Waals surface area (Å²) in [5.41, 5.74) is 1.10.